The number of carbonyl (C=O) groups is 1. The van der Waals surface area contributed by atoms with Crippen molar-refractivity contribution in [3.05, 3.63) is 59.7 Å². The fourth-order valence-corrected chi connectivity index (χ4v) is 1.68. The third-order valence-electron chi connectivity index (χ3n) is 2.69. The molecule has 2 aromatic rings. The lowest BCUT2D eigenvalue weighted by Gasteiger charge is -2.10. The van der Waals surface area contributed by atoms with Crippen molar-refractivity contribution >= 4 is 11.8 Å². The molecule has 0 spiro atoms. The molecule has 0 saturated heterocycles. The van der Waals surface area contributed by atoms with Crippen molar-refractivity contribution in [2.24, 2.45) is 0 Å². The summed E-state index contributed by atoms with van der Waals surface area (Å²) in [4.78, 5) is 11.6. The van der Waals surface area contributed by atoms with Gasteiger partial charge >= 0.3 is 6.09 Å². The second kappa shape index (κ2) is 5.91. The van der Waals surface area contributed by atoms with Crippen molar-refractivity contribution in [2.75, 3.05) is 5.32 Å². The summed E-state index contributed by atoms with van der Waals surface area (Å²) >= 11 is 0. The Morgan fingerprint density at radius 1 is 1.16 bits per heavy atom. The number of aromatic hydroxyl groups is 1. The zero-order valence-corrected chi connectivity index (χ0v) is 10.6. The maximum atomic E-state index is 11.6. The van der Waals surface area contributed by atoms with Gasteiger partial charge in [-0.1, -0.05) is 42.5 Å². The molecule has 0 aromatic heterocycles. The van der Waals surface area contributed by atoms with Crippen molar-refractivity contribution in [1.29, 1.82) is 0 Å². The van der Waals surface area contributed by atoms with Crippen LogP contribution in [-0.2, 0) is 11.3 Å². The number of phenolic OH excluding ortho intramolecular Hbond substituents is 1. The van der Waals surface area contributed by atoms with Gasteiger partial charge in [0.25, 0.3) is 0 Å². The van der Waals surface area contributed by atoms with Crippen LogP contribution in [0, 0.1) is 6.92 Å². The molecule has 0 fully saturated rings. The highest BCUT2D eigenvalue weighted by Crippen LogP contribution is 2.26. The van der Waals surface area contributed by atoms with Crippen LogP contribution in [0.3, 0.4) is 0 Å². The van der Waals surface area contributed by atoms with Crippen LogP contribution in [0.2, 0.25) is 0 Å². The van der Waals surface area contributed by atoms with Crippen LogP contribution in [-0.4, -0.2) is 11.2 Å². The largest absolute Gasteiger partial charge is 0.506 e. The van der Waals surface area contributed by atoms with E-state index in [2.05, 4.69) is 5.32 Å². The first kappa shape index (κ1) is 13.0. The van der Waals surface area contributed by atoms with Crippen LogP contribution in [0.25, 0.3) is 0 Å². The number of benzene rings is 2. The van der Waals surface area contributed by atoms with Crippen LogP contribution in [0.15, 0.2) is 48.5 Å². The Balaban J connectivity index is 1.95. The van der Waals surface area contributed by atoms with Crippen molar-refractivity contribution < 1.29 is 14.6 Å². The van der Waals surface area contributed by atoms with Gasteiger partial charge in [0, 0.05) is 0 Å². The second-order valence-corrected chi connectivity index (χ2v) is 4.16. The van der Waals surface area contributed by atoms with Crippen LogP contribution in [0.1, 0.15) is 11.1 Å². The molecule has 1 amide bonds. The van der Waals surface area contributed by atoms with Gasteiger partial charge < -0.3 is 9.84 Å². The molecule has 19 heavy (non-hydrogen) atoms. The fourth-order valence-electron chi connectivity index (χ4n) is 1.68. The predicted molar refractivity (Wildman–Crippen MR) is 73.1 cm³/mol. The Morgan fingerprint density at radius 2 is 1.89 bits per heavy atom. The predicted octanol–water partition coefficient (Wildman–Crippen LogP) is 3.45. The zero-order valence-electron chi connectivity index (χ0n) is 10.6. The molecule has 0 atom stereocenters. The number of hydrogen-bond donors (Lipinski definition) is 2. The van der Waals surface area contributed by atoms with Gasteiger partial charge in [0.05, 0.1) is 5.69 Å². The Kier molecular flexibility index (Phi) is 4.03. The molecule has 0 aliphatic rings. The minimum absolute atomic E-state index is 0.0247. The highest BCUT2D eigenvalue weighted by Gasteiger charge is 2.09. The van der Waals surface area contributed by atoms with E-state index >= 15 is 0 Å². The standard InChI is InChI=1S/C15H15NO3/c1-11-6-5-9-13(17)14(11)16-15(18)19-10-12-7-3-2-4-8-12/h2-9,17H,10H2,1H3,(H,16,18). The fraction of sp³-hybridized carbons (Fsp3) is 0.133. The van der Waals surface area contributed by atoms with Crippen molar-refractivity contribution in [3.8, 4) is 5.75 Å². The smallest absolute Gasteiger partial charge is 0.412 e. The summed E-state index contributed by atoms with van der Waals surface area (Å²) < 4.78 is 5.08. The number of para-hydroxylation sites is 1. The SMILES string of the molecule is Cc1cccc(O)c1NC(=O)OCc1ccccc1. The van der Waals surface area contributed by atoms with E-state index in [1.54, 1.807) is 19.1 Å². The summed E-state index contributed by atoms with van der Waals surface area (Å²) in [5.41, 5.74) is 2.06. The van der Waals surface area contributed by atoms with Crippen molar-refractivity contribution in [2.45, 2.75) is 13.5 Å². The van der Waals surface area contributed by atoms with Gasteiger partial charge in [-0.05, 0) is 24.1 Å². The van der Waals surface area contributed by atoms with Gasteiger partial charge in [-0.2, -0.15) is 0 Å². The Morgan fingerprint density at radius 3 is 2.58 bits per heavy atom. The summed E-state index contributed by atoms with van der Waals surface area (Å²) in [6.45, 7) is 1.99. The van der Waals surface area contributed by atoms with Gasteiger partial charge in [0.1, 0.15) is 12.4 Å². The maximum Gasteiger partial charge on any atom is 0.412 e. The van der Waals surface area contributed by atoms with Crippen LogP contribution in [0.4, 0.5) is 10.5 Å². The first-order valence-electron chi connectivity index (χ1n) is 5.93. The quantitative estimate of drug-likeness (QED) is 0.828. The molecule has 4 nitrogen and oxygen atoms in total. The summed E-state index contributed by atoms with van der Waals surface area (Å²) in [6, 6.07) is 14.4. The summed E-state index contributed by atoms with van der Waals surface area (Å²) in [7, 11) is 0. The number of anilines is 1. The highest BCUT2D eigenvalue weighted by atomic mass is 16.5. The molecule has 0 heterocycles. The van der Waals surface area contributed by atoms with E-state index in [1.165, 1.54) is 6.07 Å². The molecule has 0 aliphatic heterocycles. The van der Waals surface area contributed by atoms with E-state index in [-0.39, 0.29) is 12.4 Å². The number of hydrogen-bond acceptors (Lipinski definition) is 3. The van der Waals surface area contributed by atoms with Gasteiger partial charge in [0.15, 0.2) is 0 Å². The monoisotopic (exact) mass is 257 g/mol. The lowest BCUT2D eigenvalue weighted by Crippen LogP contribution is -2.14. The topological polar surface area (TPSA) is 58.6 Å². The summed E-state index contributed by atoms with van der Waals surface area (Å²) in [6.07, 6.45) is -0.589. The zero-order chi connectivity index (χ0) is 13.7. The minimum Gasteiger partial charge on any atom is -0.506 e. The molecule has 0 radical (unpaired) electrons. The van der Waals surface area contributed by atoms with Crippen molar-refractivity contribution in [1.82, 2.24) is 0 Å². The van der Waals surface area contributed by atoms with E-state index in [1.807, 2.05) is 30.3 Å². The minimum atomic E-state index is -0.589. The van der Waals surface area contributed by atoms with Crippen molar-refractivity contribution in [3.63, 3.8) is 0 Å². The molecular weight excluding hydrogens is 242 g/mol. The van der Waals surface area contributed by atoms with E-state index < -0.39 is 6.09 Å². The molecule has 2 rings (SSSR count). The third-order valence-corrected chi connectivity index (χ3v) is 2.69. The van der Waals surface area contributed by atoms with Gasteiger partial charge in [-0.25, -0.2) is 4.79 Å². The van der Waals surface area contributed by atoms with Gasteiger partial charge in [-0.15, -0.1) is 0 Å². The molecular formula is C15H15NO3. The number of aryl methyl sites for hydroxylation is 1. The van der Waals surface area contributed by atoms with Crippen LogP contribution in [0.5, 0.6) is 5.75 Å². The molecule has 0 unspecified atom stereocenters. The molecule has 0 bridgehead atoms. The van der Waals surface area contributed by atoms with Gasteiger partial charge in [-0.3, -0.25) is 5.32 Å². The number of amides is 1. The number of rotatable bonds is 3. The van der Waals surface area contributed by atoms with E-state index in [0.29, 0.717) is 5.69 Å². The summed E-state index contributed by atoms with van der Waals surface area (Å²) in [5, 5.41) is 12.2. The summed E-state index contributed by atoms with van der Waals surface area (Å²) in [5.74, 6) is 0.0247. The molecule has 4 heteroatoms. The Bertz CT molecular complexity index is 547. The normalized spacial score (nSPS) is 9.95. The molecule has 0 saturated carbocycles. The number of carbonyl (C=O) groups excluding carboxylic acids is 1. The van der Waals surface area contributed by atoms with E-state index in [4.69, 9.17) is 4.74 Å². The number of nitrogens with one attached hydrogen (secondary N) is 1. The first-order chi connectivity index (χ1) is 9.16. The highest BCUT2D eigenvalue weighted by molar-refractivity contribution is 5.87. The lowest BCUT2D eigenvalue weighted by molar-refractivity contribution is 0.155. The lowest BCUT2D eigenvalue weighted by atomic mass is 10.2. The first-order valence-corrected chi connectivity index (χ1v) is 5.93. The second-order valence-electron chi connectivity index (χ2n) is 4.16. The Hall–Kier alpha value is -2.49. The average molecular weight is 257 g/mol. The third kappa shape index (κ3) is 3.48. The van der Waals surface area contributed by atoms with E-state index in [9.17, 15) is 9.90 Å². The molecule has 0 aliphatic carbocycles. The molecule has 98 valence electrons. The van der Waals surface area contributed by atoms with E-state index in [0.717, 1.165) is 11.1 Å². The van der Waals surface area contributed by atoms with Crippen LogP contribution < -0.4 is 5.32 Å². The molecule has 2 N–H and O–H groups in total. The average Bonchev–Trinajstić information content (AvgIpc) is 2.42. The van der Waals surface area contributed by atoms with Crippen LogP contribution >= 0.6 is 0 Å². The molecule has 2 aromatic carbocycles. The Labute approximate surface area is 111 Å². The number of ether oxygens (including phenoxy) is 1. The maximum absolute atomic E-state index is 11.6. The number of phenols is 1. The van der Waals surface area contributed by atoms with Gasteiger partial charge in [0.2, 0.25) is 0 Å².